The third-order valence-corrected chi connectivity index (χ3v) is 4.77. The van der Waals surface area contributed by atoms with E-state index >= 15 is 0 Å². The lowest BCUT2D eigenvalue weighted by Crippen LogP contribution is -2.43. The van der Waals surface area contributed by atoms with Crippen molar-refractivity contribution in [3.05, 3.63) is 36.0 Å². The van der Waals surface area contributed by atoms with Gasteiger partial charge in [0, 0.05) is 38.1 Å². The van der Waals surface area contributed by atoms with Crippen molar-refractivity contribution in [3.63, 3.8) is 0 Å². The molecule has 1 aliphatic rings. The predicted octanol–water partition coefficient (Wildman–Crippen LogP) is 1.84. The summed E-state index contributed by atoms with van der Waals surface area (Å²) in [6.07, 6.45) is 2.83. The van der Waals surface area contributed by atoms with Crippen LogP contribution in [0.5, 0.6) is 0 Å². The zero-order valence-electron chi connectivity index (χ0n) is 14.9. The molecule has 6 heteroatoms. The van der Waals surface area contributed by atoms with Crippen molar-refractivity contribution >= 4 is 22.7 Å². The van der Waals surface area contributed by atoms with Gasteiger partial charge in [-0.05, 0) is 37.9 Å². The molecule has 1 aromatic carbocycles. The number of carbonyl (C=O) groups excluding carboxylic acids is 2. The standard InChI is InChI=1S/C19H26N4O2/c1-22(2)19(25)17-9-5-11-23(17)12-6-10-20-18(24)16-13-14-7-3-4-8-15(14)21-16/h3-4,7-8,13,17,21H,5-6,9-12H2,1-2H3,(H,20,24)/t17-/m0/s1. The molecule has 0 radical (unpaired) electrons. The van der Waals surface area contributed by atoms with Gasteiger partial charge in [0.15, 0.2) is 0 Å². The number of fused-ring (bicyclic) bond motifs is 1. The Bertz CT molecular complexity index is 720. The molecule has 1 aliphatic heterocycles. The summed E-state index contributed by atoms with van der Waals surface area (Å²) < 4.78 is 0. The largest absolute Gasteiger partial charge is 0.351 e. The summed E-state index contributed by atoms with van der Waals surface area (Å²) in [6, 6.07) is 9.72. The van der Waals surface area contributed by atoms with Crippen LogP contribution in [0.1, 0.15) is 29.8 Å². The number of nitrogens with one attached hydrogen (secondary N) is 2. The Balaban J connectivity index is 1.46. The molecule has 1 aromatic heterocycles. The van der Waals surface area contributed by atoms with Crippen molar-refractivity contribution < 1.29 is 9.59 Å². The van der Waals surface area contributed by atoms with Crippen LogP contribution in [0.3, 0.4) is 0 Å². The van der Waals surface area contributed by atoms with Gasteiger partial charge < -0.3 is 15.2 Å². The smallest absolute Gasteiger partial charge is 0.267 e. The maximum atomic E-state index is 12.3. The number of likely N-dealkylation sites (N-methyl/N-ethyl adjacent to an activating group) is 1. The van der Waals surface area contributed by atoms with E-state index in [2.05, 4.69) is 15.2 Å². The summed E-state index contributed by atoms with van der Waals surface area (Å²) in [7, 11) is 3.61. The maximum Gasteiger partial charge on any atom is 0.267 e. The molecule has 1 atom stereocenters. The van der Waals surface area contributed by atoms with E-state index in [-0.39, 0.29) is 17.9 Å². The van der Waals surface area contributed by atoms with Gasteiger partial charge in [-0.3, -0.25) is 14.5 Å². The quantitative estimate of drug-likeness (QED) is 0.787. The normalized spacial score (nSPS) is 17.8. The van der Waals surface area contributed by atoms with Gasteiger partial charge in [0.2, 0.25) is 5.91 Å². The Kier molecular flexibility index (Phi) is 5.38. The number of amides is 2. The van der Waals surface area contributed by atoms with E-state index in [0.717, 1.165) is 43.3 Å². The number of para-hydroxylation sites is 1. The van der Waals surface area contributed by atoms with Gasteiger partial charge in [0.25, 0.3) is 5.91 Å². The molecule has 3 rings (SSSR count). The third kappa shape index (κ3) is 4.02. The second kappa shape index (κ2) is 7.70. The zero-order chi connectivity index (χ0) is 17.8. The third-order valence-electron chi connectivity index (χ3n) is 4.77. The highest BCUT2D eigenvalue weighted by molar-refractivity contribution is 5.97. The Hall–Kier alpha value is -2.34. The molecule has 0 aliphatic carbocycles. The molecule has 2 aromatic rings. The summed E-state index contributed by atoms with van der Waals surface area (Å²) in [5.41, 5.74) is 1.55. The van der Waals surface area contributed by atoms with Gasteiger partial charge in [-0.2, -0.15) is 0 Å². The molecular formula is C19H26N4O2. The first-order valence-corrected chi connectivity index (χ1v) is 8.87. The monoisotopic (exact) mass is 342 g/mol. The van der Waals surface area contributed by atoms with Crippen molar-refractivity contribution in [1.82, 2.24) is 20.1 Å². The van der Waals surface area contributed by atoms with Crippen LogP contribution in [0, 0.1) is 0 Å². The van der Waals surface area contributed by atoms with Crippen LogP contribution in [0.15, 0.2) is 30.3 Å². The molecule has 2 amide bonds. The molecule has 25 heavy (non-hydrogen) atoms. The minimum Gasteiger partial charge on any atom is -0.351 e. The molecule has 0 saturated carbocycles. The van der Waals surface area contributed by atoms with Gasteiger partial charge in [-0.25, -0.2) is 0 Å². The zero-order valence-corrected chi connectivity index (χ0v) is 14.9. The summed E-state index contributed by atoms with van der Waals surface area (Å²) in [5.74, 6) is 0.0955. The molecule has 6 nitrogen and oxygen atoms in total. The van der Waals surface area contributed by atoms with Crippen molar-refractivity contribution in [2.45, 2.75) is 25.3 Å². The van der Waals surface area contributed by atoms with Gasteiger partial charge >= 0.3 is 0 Å². The fraction of sp³-hybridized carbons (Fsp3) is 0.474. The van der Waals surface area contributed by atoms with E-state index in [1.54, 1.807) is 19.0 Å². The molecule has 1 saturated heterocycles. The molecule has 2 heterocycles. The van der Waals surface area contributed by atoms with E-state index < -0.39 is 0 Å². The van der Waals surface area contributed by atoms with Crippen LogP contribution in [0.25, 0.3) is 10.9 Å². The van der Waals surface area contributed by atoms with E-state index in [4.69, 9.17) is 0 Å². The molecule has 0 spiro atoms. The topological polar surface area (TPSA) is 68.4 Å². The summed E-state index contributed by atoms with van der Waals surface area (Å²) in [4.78, 5) is 31.5. The Labute approximate surface area is 148 Å². The summed E-state index contributed by atoms with van der Waals surface area (Å²) in [6.45, 7) is 2.39. The first-order valence-electron chi connectivity index (χ1n) is 8.87. The lowest BCUT2D eigenvalue weighted by Gasteiger charge is -2.26. The molecular weight excluding hydrogens is 316 g/mol. The van der Waals surface area contributed by atoms with E-state index in [9.17, 15) is 9.59 Å². The SMILES string of the molecule is CN(C)C(=O)[C@@H]1CCCN1CCCNC(=O)c1cc2ccccc2[nH]1. The summed E-state index contributed by atoms with van der Waals surface area (Å²) in [5, 5.41) is 4.00. The molecule has 0 unspecified atom stereocenters. The number of benzene rings is 1. The molecule has 2 N–H and O–H groups in total. The van der Waals surface area contributed by atoms with E-state index in [1.807, 2.05) is 30.3 Å². The fourth-order valence-corrected chi connectivity index (χ4v) is 3.45. The van der Waals surface area contributed by atoms with Crippen LogP contribution >= 0.6 is 0 Å². The minimum absolute atomic E-state index is 0.000548. The van der Waals surface area contributed by atoms with Crippen LogP contribution in [-0.4, -0.2) is 66.4 Å². The highest BCUT2D eigenvalue weighted by atomic mass is 16.2. The highest BCUT2D eigenvalue weighted by Gasteiger charge is 2.30. The van der Waals surface area contributed by atoms with Gasteiger partial charge in [0.1, 0.15) is 5.69 Å². The maximum absolute atomic E-state index is 12.3. The first kappa shape index (κ1) is 17.5. The first-order chi connectivity index (χ1) is 12.1. The van der Waals surface area contributed by atoms with Crippen LogP contribution < -0.4 is 5.32 Å². The lowest BCUT2D eigenvalue weighted by atomic mass is 10.2. The van der Waals surface area contributed by atoms with Crippen LogP contribution in [0.2, 0.25) is 0 Å². The number of aromatic amines is 1. The molecule has 134 valence electrons. The second-order valence-electron chi connectivity index (χ2n) is 6.81. The van der Waals surface area contributed by atoms with Gasteiger partial charge in [-0.15, -0.1) is 0 Å². The average molecular weight is 342 g/mol. The van der Waals surface area contributed by atoms with Gasteiger partial charge in [-0.1, -0.05) is 18.2 Å². The second-order valence-corrected chi connectivity index (χ2v) is 6.81. The number of aromatic nitrogens is 1. The van der Waals surface area contributed by atoms with E-state index in [0.29, 0.717) is 12.2 Å². The van der Waals surface area contributed by atoms with Crippen molar-refractivity contribution in [3.8, 4) is 0 Å². The minimum atomic E-state index is -0.0847. The number of carbonyl (C=O) groups is 2. The Morgan fingerprint density at radius 2 is 2.12 bits per heavy atom. The average Bonchev–Trinajstić information content (AvgIpc) is 3.24. The van der Waals surface area contributed by atoms with Crippen molar-refractivity contribution in [2.75, 3.05) is 33.7 Å². The molecule has 1 fully saturated rings. The van der Waals surface area contributed by atoms with Gasteiger partial charge in [0.05, 0.1) is 6.04 Å². The van der Waals surface area contributed by atoms with Crippen molar-refractivity contribution in [1.29, 1.82) is 0 Å². The van der Waals surface area contributed by atoms with Crippen LogP contribution in [-0.2, 0) is 4.79 Å². The number of nitrogens with zero attached hydrogens (tertiary/aromatic N) is 2. The molecule has 0 bridgehead atoms. The lowest BCUT2D eigenvalue weighted by molar-refractivity contribution is -0.133. The van der Waals surface area contributed by atoms with Crippen molar-refractivity contribution in [2.24, 2.45) is 0 Å². The van der Waals surface area contributed by atoms with Crippen LogP contribution in [0.4, 0.5) is 0 Å². The van der Waals surface area contributed by atoms with E-state index in [1.165, 1.54) is 0 Å². The Morgan fingerprint density at radius 1 is 1.32 bits per heavy atom. The highest BCUT2D eigenvalue weighted by Crippen LogP contribution is 2.19. The number of H-pyrrole nitrogens is 1. The number of hydrogen-bond acceptors (Lipinski definition) is 3. The predicted molar refractivity (Wildman–Crippen MR) is 98.5 cm³/mol. The number of rotatable bonds is 6. The fourth-order valence-electron chi connectivity index (χ4n) is 3.45. The number of hydrogen-bond donors (Lipinski definition) is 2. The number of likely N-dealkylation sites (tertiary alicyclic amines) is 1. The Morgan fingerprint density at radius 3 is 2.88 bits per heavy atom. The summed E-state index contributed by atoms with van der Waals surface area (Å²) >= 11 is 0.